The highest BCUT2D eigenvalue weighted by Gasteiger charge is 2.25. The average Bonchev–Trinajstić information content (AvgIpc) is 2.27. The molecule has 0 radical (unpaired) electrons. The van der Waals surface area contributed by atoms with Gasteiger partial charge in [0.25, 0.3) is 0 Å². The van der Waals surface area contributed by atoms with Crippen LogP contribution in [0.5, 0.6) is 0 Å². The second kappa shape index (κ2) is 6.09. The van der Waals surface area contributed by atoms with Crippen molar-refractivity contribution in [3.05, 3.63) is 27.7 Å². The van der Waals surface area contributed by atoms with Gasteiger partial charge in [0, 0.05) is 6.04 Å². The standard InChI is InChI=1S/C11H13Cl2NO4S/c1-3-6(2)14-19(17,18)8-5-4-7(12)9(10(8)13)11(15)16/h4-6,14H,3H2,1-2H3,(H,15,16). The molecule has 5 nitrogen and oxygen atoms in total. The second-order valence-electron chi connectivity index (χ2n) is 3.97. The number of carbonyl (C=O) groups is 1. The highest BCUT2D eigenvalue weighted by Crippen LogP contribution is 2.31. The van der Waals surface area contributed by atoms with E-state index in [4.69, 9.17) is 28.3 Å². The lowest BCUT2D eigenvalue weighted by atomic mass is 10.2. The number of rotatable bonds is 5. The monoisotopic (exact) mass is 325 g/mol. The fourth-order valence-electron chi connectivity index (χ4n) is 1.35. The van der Waals surface area contributed by atoms with Crippen LogP contribution in [0.3, 0.4) is 0 Å². The molecule has 2 N–H and O–H groups in total. The van der Waals surface area contributed by atoms with Crippen molar-refractivity contribution in [1.29, 1.82) is 0 Å². The molecule has 0 aliphatic carbocycles. The Balaban J connectivity index is 3.37. The molecule has 0 aliphatic rings. The molecule has 1 atom stereocenters. The maximum Gasteiger partial charge on any atom is 0.338 e. The molecule has 0 bridgehead atoms. The summed E-state index contributed by atoms with van der Waals surface area (Å²) in [6.07, 6.45) is 0.593. The van der Waals surface area contributed by atoms with Gasteiger partial charge in [-0.3, -0.25) is 0 Å². The second-order valence-corrected chi connectivity index (χ2v) is 6.44. The van der Waals surface area contributed by atoms with Crippen LogP contribution in [0.1, 0.15) is 30.6 Å². The van der Waals surface area contributed by atoms with Gasteiger partial charge in [-0.1, -0.05) is 30.1 Å². The Bertz CT molecular complexity index is 601. The predicted octanol–water partition coefficient (Wildman–Crippen LogP) is 2.77. The third-order valence-electron chi connectivity index (χ3n) is 2.53. The van der Waals surface area contributed by atoms with Gasteiger partial charge in [0.05, 0.1) is 15.6 Å². The van der Waals surface area contributed by atoms with Gasteiger partial charge >= 0.3 is 5.97 Å². The quantitative estimate of drug-likeness (QED) is 0.871. The minimum atomic E-state index is -3.88. The highest BCUT2D eigenvalue weighted by atomic mass is 35.5. The van der Waals surface area contributed by atoms with Gasteiger partial charge in [-0.25, -0.2) is 17.9 Å². The van der Waals surface area contributed by atoms with Gasteiger partial charge < -0.3 is 5.11 Å². The SMILES string of the molecule is CCC(C)NS(=O)(=O)c1ccc(Cl)c(C(=O)O)c1Cl. The summed E-state index contributed by atoms with van der Waals surface area (Å²) >= 11 is 11.5. The van der Waals surface area contributed by atoms with Gasteiger partial charge in [0.15, 0.2) is 0 Å². The summed E-state index contributed by atoms with van der Waals surface area (Å²) in [4.78, 5) is 10.7. The van der Waals surface area contributed by atoms with E-state index >= 15 is 0 Å². The van der Waals surface area contributed by atoms with E-state index in [1.165, 1.54) is 12.1 Å². The number of aromatic carboxylic acids is 1. The maximum atomic E-state index is 12.1. The van der Waals surface area contributed by atoms with Crippen molar-refractivity contribution in [2.24, 2.45) is 0 Å². The molecule has 0 heterocycles. The van der Waals surface area contributed by atoms with Gasteiger partial charge in [-0.05, 0) is 25.5 Å². The maximum absolute atomic E-state index is 12.1. The molecular weight excluding hydrogens is 313 g/mol. The summed E-state index contributed by atoms with van der Waals surface area (Å²) in [5, 5.41) is 8.48. The molecule has 19 heavy (non-hydrogen) atoms. The van der Waals surface area contributed by atoms with E-state index in [-0.39, 0.29) is 16.0 Å². The van der Waals surface area contributed by atoms with E-state index in [0.29, 0.717) is 6.42 Å². The molecule has 106 valence electrons. The number of benzene rings is 1. The summed E-state index contributed by atoms with van der Waals surface area (Å²) in [7, 11) is -3.88. The summed E-state index contributed by atoms with van der Waals surface area (Å²) in [5.74, 6) is -1.38. The Morgan fingerprint density at radius 1 is 1.42 bits per heavy atom. The Hall–Kier alpha value is -0.820. The third-order valence-corrected chi connectivity index (χ3v) is 4.98. The van der Waals surface area contributed by atoms with Gasteiger partial charge in [0.1, 0.15) is 4.90 Å². The zero-order valence-electron chi connectivity index (χ0n) is 10.3. The van der Waals surface area contributed by atoms with Crippen molar-refractivity contribution in [3.8, 4) is 0 Å². The lowest BCUT2D eigenvalue weighted by Gasteiger charge is -2.14. The van der Waals surface area contributed by atoms with E-state index in [2.05, 4.69) is 4.72 Å². The first-order valence-corrected chi connectivity index (χ1v) is 7.68. The minimum absolute atomic E-state index is 0.111. The topological polar surface area (TPSA) is 83.5 Å². The van der Waals surface area contributed by atoms with Crippen LogP contribution in [0.2, 0.25) is 10.0 Å². The largest absolute Gasteiger partial charge is 0.478 e. The van der Waals surface area contributed by atoms with Crippen molar-refractivity contribution < 1.29 is 18.3 Å². The van der Waals surface area contributed by atoms with E-state index < -0.39 is 26.6 Å². The zero-order chi connectivity index (χ0) is 14.8. The molecule has 0 saturated heterocycles. The molecular formula is C11H13Cl2NO4S. The van der Waals surface area contributed by atoms with Crippen molar-refractivity contribution in [3.63, 3.8) is 0 Å². The smallest absolute Gasteiger partial charge is 0.338 e. The van der Waals surface area contributed by atoms with Crippen LogP contribution in [0, 0.1) is 0 Å². The van der Waals surface area contributed by atoms with Gasteiger partial charge in [-0.15, -0.1) is 0 Å². The normalized spacial score (nSPS) is 13.3. The summed E-state index contributed by atoms with van der Waals surface area (Å²) in [6.45, 7) is 3.51. The Morgan fingerprint density at radius 2 is 2.00 bits per heavy atom. The molecule has 0 spiro atoms. The van der Waals surface area contributed by atoms with Crippen LogP contribution >= 0.6 is 23.2 Å². The van der Waals surface area contributed by atoms with Crippen molar-refractivity contribution >= 4 is 39.2 Å². The minimum Gasteiger partial charge on any atom is -0.478 e. The highest BCUT2D eigenvalue weighted by molar-refractivity contribution is 7.89. The molecule has 1 rings (SSSR count). The van der Waals surface area contributed by atoms with Crippen LogP contribution in [0.25, 0.3) is 0 Å². The molecule has 0 saturated carbocycles. The van der Waals surface area contributed by atoms with Crippen molar-refractivity contribution in [2.75, 3.05) is 0 Å². The summed E-state index contributed by atoms with van der Waals surface area (Å²) in [6, 6.07) is 2.09. The van der Waals surface area contributed by atoms with Crippen LogP contribution in [-0.2, 0) is 10.0 Å². The fourth-order valence-corrected chi connectivity index (χ4v) is 3.59. The van der Waals surface area contributed by atoms with Crippen LogP contribution in [0.15, 0.2) is 17.0 Å². The number of hydrogen-bond donors (Lipinski definition) is 2. The molecule has 1 aromatic rings. The number of carboxylic acid groups (broad SMARTS) is 1. The molecule has 0 amide bonds. The first-order chi connectivity index (χ1) is 8.70. The summed E-state index contributed by atoms with van der Waals surface area (Å²) in [5.41, 5.74) is -0.421. The molecule has 0 aromatic heterocycles. The van der Waals surface area contributed by atoms with Crippen LogP contribution < -0.4 is 4.72 Å². The van der Waals surface area contributed by atoms with E-state index in [0.717, 1.165) is 0 Å². The first-order valence-electron chi connectivity index (χ1n) is 5.44. The number of carboxylic acids is 1. The summed E-state index contributed by atoms with van der Waals surface area (Å²) < 4.78 is 26.6. The molecule has 0 aliphatic heterocycles. The van der Waals surface area contributed by atoms with E-state index in [1.54, 1.807) is 6.92 Å². The molecule has 0 fully saturated rings. The predicted molar refractivity (Wildman–Crippen MR) is 73.5 cm³/mol. The van der Waals surface area contributed by atoms with E-state index in [1.807, 2.05) is 6.92 Å². The Morgan fingerprint density at radius 3 is 2.47 bits per heavy atom. The number of nitrogens with one attached hydrogen (secondary N) is 1. The Labute approximate surface area is 121 Å². The van der Waals surface area contributed by atoms with Gasteiger partial charge in [-0.2, -0.15) is 0 Å². The van der Waals surface area contributed by atoms with Crippen molar-refractivity contribution in [2.45, 2.75) is 31.2 Å². The first kappa shape index (κ1) is 16.2. The molecule has 1 unspecified atom stereocenters. The van der Waals surface area contributed by atoms with Crippen LogP contribution in [-0.4, -0.2) is 25.5 Å². The number of sulfonamides is 1. The van der Waals surface area contributed by atoms with Crippen molar-refractivity contribution in [1.82, 2.24) is 4.72 Å². The van der Waals surface area contributed by atoms with E-state index in [9.17, 15) is 13.2 Å². The Kier molecular flexibility index (Phi) is 5.20. The zero-order valence-corrected chi connectivity index (χ0v) is 12.6. The molecule has 1 aromatic carbocycles. The lowest BCUT2D eigenvalue weighted by molar-refractivity contribution is 0.0697. The van der Waals surface area contributed by atoms with Crippen LogP contribution in [0.4, 0.5) is 0 Å². The van der Waals surface area contributed by atoms with Gasteiger partial charge in [0.2, 0.25) is 10.0 Å². The average molecular weight is 326 g/mol. The lowest BCUT2D eigenvalue weighted by Crippen LogP contribution is -2.32. The number of hydrogen-bond acceptors (Lipinski definition) is 3. The fraction of sp³-hybridized carbons (Fsp3) is 0.364. The third kappa shape index (κ3) is 3.60. The number of halogens is 2. The molecule has 8 heteroatoms.